The minimum atomic E-state index is -0.226. The number of benzene rings is 3. The van der Waals surface area contributed by atoms with Crippen LogP contribution in [0.25, 0.3) is 0 Å². The Balaban J connectivity index is 1.31. The van der Waals surface area contributed by atoms with Crippen molar-refractivity contribution >= 4 is 40.8 Å². The molecular weight excluding hydrogens is 528 g/mol. The number of fused-ring (bicyclic) bond motifs is 1. The summed E-state index contributed by atoms with van der Waals surface area (Å²) in [7, 11) is 0. The Hall–Kier alpha value is -4.04. The maximum atomic E-state index is 13.8. The summed E-state index contributed by atoms with van der Waals surface area (Å²) in [6, 6.07) is 21.8. The van der Waals surface area contributed by atoms with Crippen molar-refractivity contribution in [1.82, 2.24) is 10.2 Å². The summed E-state index contributed by atoms with van der Waals surface area (Å²) in [4.78, 5) is 43.7. The predicted octanol–water partition coefficient (Wildman–Crippen LogP) is 5.67. The van der Waals surface area contributed by atoms with Gasteiger partial charge in [-0.25, -0.2) is 4.79 Å². The topological polar surface area (TPSA) is 82.2 Å². The Morgan fingerprint density at radius 1 is 1.05 bits per heavy atom. The summed E-state index contributed by atoms with van der Waals surface area (Å²) in [5, 5.41) is 3.40. The highest BCUT2D eigenvalue weighted by atomic mass is 35.5. The molecule has 208 valence electrons. The molecule has 4 amide bonds. The first kappa shape index (κ1) is 27.5. The molecule has 2 aliphatic rings. The molecule has 5 rings (SSSR count). The van der Waals surface area contributed by atoms with Crippen LogP contribution >= 0.6 is 11.6 Å². The monoisotopic (exact) mass is 560 g/mol. The van der Waals surface area contributed by atoms with E-state index in [9.17, 15) is 14.4 Å². The number of para-hydroxylation sites is 1. The number of nitrogens with zero attached hydrogens (tertiary/aromatic N) is 3. The number of hydrogen-bond acceptors (Lipinski definition) is 4. The van der Waals surface area contributed by atoms with Gasteiger partial charge in [0.05, 0.1) is 12.6 Å². The van der Waals surface area contributed by atoms with Gasteiger partial charge in [-0.05, 0) is 79.9 Å². The van der Waals surface area contributed by atoms with E-state index in [0.29, 0.717) is 42.5 Å². The first-order chi connectivity index (χ1) is 19.3. The van der Waals surface area contributed by atoms with Crippen LogP contribution in [0.5, 0.6) is 5.75 Å². The van der Waals surface area contributed by atoms with Gasteiger partial charge in [0.2, 0.25) is 5.91 Å². The van der Waals surface area contributed by atoms with Gasteiger partial charge < -0.3 is 24.8 Å². The molecule has 0 radical (unpaired) electrons. The number of halogens is 1. The van der Waals surface area contributed by atoms with Crippen molar-refractivity contribution in [3.63, 3.8) is 0 Å². The van der Waals surface area contributed by atoms with E-state index in [4.69, 9.17) is 16.3 Å². The molecule has 2 aliphatic heterocycles. The number of rotatable bonds is 8. The molecule has 2 atom stereocenters. The molecule has 0 aliphatic carbocycles. The molecule has 0 aromatic heterocycles. The average molecular weight is 561 g/mol. The van der Waals surface area contributed by atoms with E-state index in [0.717, 1.165) is 29.9 Å². The van der Waals surface area contributed by atoms with Gasteiger partial charge in [0.1, 0.15) is 5.75 Å². The Labute approximate surface area is 239 Å². The molecule has 0 saturated carbocycles. The quantitative estimate of drug-likeness (QED) is 0.360. The summed E-state index contributed by atoms with van der Waals surface area (Å²) in [5.74, 6) is 0.494. The number of ether oxygens (including phenoxy) is 1. The number of hydrogen-bond donors (Lipinski definition) is 1. The fourth-order valence-corrected chi connectivity index (χ4v) is 5.65. The second kappa shape index (κ2) is 12.0. The van der Waals surface area contributed by atoms with Crippen LogP contribution in [-0.2, 0) is 4.79 Å². The van der Waals surface area contributed by atoms with Crippen LogP contribution < -0.4 is 19.9 Å². The van der Waals surface area contributed by atoms with Gasteiger partial charge in [0.15, 0.2) is 0 Å². The molecule has 3 aromatic carbocycles. The lowest BCUT2D eigenvalue weighted by molar-refractivity contribution is -0.117. The number of nitrogens with one attached hydrogen (secondary N) is 1. The minimum Gasteiger partial charge on any atom is -0.494 e. The molecule has 2 heterocycles. The van der Waals surface area contributed by atoms with Gasteiger partial charge in [0.25, 0.3) is 5.91 Å². The summed E-state index contributed by atoms with van der Waals surface area (Å²) >= 11 is 6.10. The second-order valence-electron chi connectivity index (χ2n) is 10.1. The van der Waals surface area contributed by atoms with Gasteiger partial charge in [-0.2, -0.15) is 0 Å². The van der Waals surface area contributed by atoms with Crippen molar-refractivity contribution in [2.75, 3.05) is 36.0 Å². The fraction of sp³-hybridized carbons (Fsp3) is 0.323. The van der Waals surface area contributed by atoms with Crippen molar-refractivity contribution in [2.45, 2.75) is 38.8 Å². The Morgan fingerprint density at radius 2 is 1.77 bits per heavy atom. The Kier molecular flexibility index (Phi) is 8.26. The van der Waals surface area contributed by atoms with Crippen molar-refractivity contribution in [1.29, 1.82) is 0 Å². The maximum Gasteiger partial charge on any atom is 0.317 e. The van der Waals surface area contributed by atoms with Gasteiger partial charge in [-0.1, -0.05) is 29.8 Å². The van der Waals surface area contributed by atoms with E-state index < -0.39 is 0 Å². The van der Waals surface area contributed by atoms with Crippen LogP contribution in [0.15, 0.2) is 72.8 Å². The standard InChI is InChI=1S/C31H33ClN4O4/c1-21-20-29(36(22(2)37)25-12-10-24(32)11-13-25)27-6-3-4-7-28(27)35(21)30(38)23-8-14-26(15-9-23)40-19-5-17-34-18-16-33-31(34)39/h3-4,6-15,21,29H,5,16-20H2,1-2H3,(H,33,39)/t21-,29+/m0/s1. The molecule has 8 nitrogen and oxygen atoms in total. The van der Waals surface area contributed by atoms with Crippen LogP contribution in [0.4, 0.5) is 16.2 Å². The van der Waals surface area contributed by atoms with Crippen LogP contribution in [0.3, 0.4) is 0 Å². The Bertz CT molecular complexity index is 1380. The van der Waals surface area contributed by atoms with E-state index in [1.54, 1.807) is 53.1 Å². The first-order valence-corrected chi connectivity index (χ1v) is 13.9. The highest BCUT2D eigenvalue weighted by Crippen LogP contribution is 2.43. The average Bonchev–Trinajstić information content (AvgIpc) is 3.36. The van der Waals surface area contributed by atoms with E-state index in [-0.39, 0.29) is 29.9 Å². The van der Waals surface area contributed by atoms with E-state index >= 15 is 0 Å². The van der Waals surface area contributed by atoms with E-state index in [1.165, 1.54) is 0 Å². The predicted molar refractivity (Wildman–Crippen MR) is 156 cm³/mol. The third kappa shape index (κ3) is 5.77. The summed E-state index contributed by atoms with van der Waals surface area (Å²) < 4.78 is 5.84. The third-order valence-electron chi connectivity index (χ3n) is 7.42. The molecule has 3 aromatic rings. The lowest BCUT2D eigenvalue weighted by Crippen LogP contribution is -2.47. The first-order valence-electron chi connectivity index (χ1n) is 13.6. The molecular formula is C31H33ClN4O4. The molecule has 1 saturated heterocycles. The van der Waals surface area contributed by atoms with Crippen LogP contribution in [0.2, 0.25) is 5.02 Å². The second-order valence-corrected chi connectivity index (χ2v) is 10.6. The number of urea groups is 1. The molecule has 0 spiro atoms. The Morgan fingerprint density at radius 3 is 2.45 bits per heavy atom. The van der Waals surface area contributed by atoms with Crippen LogP contribution in [0.1, 0.15) is 48.7 Å². The minimum absolute atomic E-state index is 0.0262. The van der Waals surface area contributed by atoms with Crippen molar-refractivity contribution in [3.8, 4) is 5.75 Å². The zero-order valence-corrected chi connectivity index (χ0v) is 23.4. The third-order valence-corrected chi connectivity index (χ3v) is 7.67. The van der Waals surface area contributed by atoms with Gasteiger partial charge in [-0.15, -0.1) is 0 Å². The summed E-state index contributed by atoms with van der Waals surface area (Å²) in [6.07, 6.45) is 1.31. The van der Waals surface area contributed by atoms with E-state index in [1.807, 2.05) is 48.2 Å². The SMILES string of the molecule is CC(=O)N(c1ccc(Cl)cc1)[C@@H]1C[C@H](C)N(C(=O)c2ccc(OCCCN3CCNC3=O)cc2)c2ccccc21. The lowest BCUT2D eigenvalue weighted by Gasteiger charge is -2.43. The van der Waals surface area contributed by atoms with Crippen molar-refractivity contribution in [3.05, 3.63) is 88.9 Å². The zero-order chi connectivity index (χ0) is 28.2. The van der Waals surface area contributed by atoms with Gasteiger partial charge in [0, 0.05) is 54.6 Å². The number of carbonyl (C=O) groups excluding carboxylic acids is 3. The number of anilines is 2. The summed E-state index contributed by atoms with van der Waals surface area (Å²) in [5.41, 5.74) is 3.04. The molecule has 0 unspecified atom stereocenters. The normalized spacial score (nSPS) is 18.2. The highest BCUT2D eigenvalue weighted by Gasteiger charge is 2.38. The maximum absolute atomic E-state index is 13.8. The van der Waals surface area contributed by atoms with Gasteiger partial charge >= 0.3 is 6.03 Å². The fourth-order valence-electron chi connectivity index (χ4n) is 5.52. The van der Waals surface area contributed by atoms with Crippen molar-refractivity contribution in [2.24, 2.45) is 0 Å². The highest BCUT2D eigenvalue weighted by molar-refractivity contribution is 6.30. The van der Waals surface area contributed by atoms with Crippen LogP contribution in [-0.4, -0.2) is 55.0 Å². The lowest BCUT2D eigenvalue weighted by atomic mass is 9.89. The zero-order valence-electron chi connectivity index (χ0n) is 22.7. The molecule has 40 heavy (non-hydrogen) atoms. The number of amides is 4. The smallest absolute Gasteiger partial charge is 0.317 e. The molecule has 1 fully saturated rings. The molecule has 9 heteroatoms. The molecule has 1 N–H and O–H groups in total. The summed E-state index contributed by atoms with van der Waals surface area (Å²) in [6.45, 7) is 6.12. The molecule has 0 bridgehead atoms. The number of carbonyl (C=O) groups is 3. The van der Waals surface area contributed by atoms with Crippen molar-refractivity contribution < 1.29 is 19.1 Å². The largest absolute Gasteiger partial charge is 0.494 e. The van der Waals surface area contributed by atoms with Gasteiger partial charge in [-0.3, -0.25) is 9.59 Å². The van der Waals surface area contributed by atoms with E-state index in [2.05, 4.69) is 5.32 Å². The van der Waals surface area contributed by atoms with Crippen LogP contribution in [0, 0.1) is 0 Å².